The summed E-state index contributed by atoms with van der Waals surface area (Å²) in [4.78, 5) is 51.4. The quantitative estimate of drug-likeness (QED) is 0.0678. The number of rotatable bonds is 17. The van der Waals surface area contributed by atoms with Crippen molar-refractivity contribution >= 4 is 62.6 Å². The first-order chi connectivity index (χ1) is 14.9. The van der Waals surface area contributed by atoms with Crippen LogP contribution in [0.3, 0.4) is 0 Å². The van der Waals surface area contributed by atoms with Gasteiger partial charge in [0.15, 0.2) is 7.85 Å². The fourth-order valence-corrected chi connectivity index (χ4v) is 2.76. The van der Waals surface area contributed by atoms with Crippen LogP contribution in [0.25, 0.3) is 0 Å². The van der Waals surface area contributed by atoms with Gasteiger partial charge in [0.1, 0.15) is 0 Å². The Morgan fingerprint density at radius 3 is 1.90 bits per heavy atom. The Hall–Kier alpha value is -1.69. The highest BCUT2D eigenvalue weighted by molar-refractivity contribution is 7.99. The van der Waals surface area contributed by atoms with Crippen molar-refractivity contribution in [2.45, 2.75) is 52.4 Å². The van der Waals surface area contributed by atoms with Gasteiger partial charge in [0.05, 0.1) is 24.6 Å². The number of amides is 4. The molecule has 0 spiro atoms. The molecule has 0 heterocycles. The molecule has 0 atom stereocenters. The highest BCUT2D eigenvalue weighted by atomic mass is 32.2. The minimum absolute atomic E-state index is 0.0165. The molecule has 0 aliphatic carbocycles. The molecule has 31 heavy (non-hydrogen) atoms. The summed E-state index contributed by atoms with van der Waals surface area (Å²) in [6.07, 6.45) is 6.74. The molecule has 2 radical (unpaired) electrons. The molecule has 4 amide bonds. The van der Waals surface area contributed by atoms with Gasteiger partial charge in [0.25, 0.3) is 0 Å². The van der Waals surface area contributed by atoms with Gasteiger partial charge in [-0.15, -0.1) is 11.8 Å². The Balaban J connectivity index is -0.000000465. The molecule has 0 aromatic rings. The van der Waals surface area contributed by atoms with Gasteiger partial charge < -0.3 is 26.1 Å². The third-order valence-corrected chi connectivity index (χ3v) is 4.40. The summed E-state index contributed by atoms with van der Waals surface area (Å²) in [5.41, 5.74) is -0.257. The molecule has 0 unspecified atom stereocenters. The van der Waals surface area contributed by atoms with Gasteiger partial charge in [-0.05, 0) is 44.1 Å². The first-order valence-corrected chi connectivity index (χ1v) is 12.0. The zero-order valence-electron chi connectivity index (χ0n) is 18.6. The highest BCUT2D eigenvalue weighted by Gasteiger charge is 1.98. The number of carbonyl (C=O) groups is 5. The van der Waals surface area contributed by atoms with Crippen LogP contribution in [0.15, 0.2) is 0 Å². The van der Waals surface area contributed by atoms with E-state index in [0.29, 0.717) is 31.7 Å². The highest BCUT2D eigenvalue weighted by Crippen LogP contribution is 2.06. The third-order valence-electron chi connectivity index (χ3n) is 3.16. The van der Waals surface area contributed by atoms with E-state index in [1.165, 1.54) is 12.8 Å². The summed E-state index contributed by atoms with van der Waals surface area (Å²) >= 11 is 5.61. The molecular formula is C19H37BN4O5S2. The molecule has 4 N–H and O–H groups in total. The number of unbranched alkanes of at least 4 members (excludes halogenated alkanes) is 3. The van der Waals surface area contributed by atoms with Gasteiger partial charge >= 0.3 is 0 Å². The molecule has 12 heteroatoms. The second-order valence-corrected chi connectivity index (χ2v) is 7.51. The lowest BCUT2D eigenvalue weighted by molar-refractivity contribution is -0.122. The smallest absolute Gasteiger partial charge is 0.240 e. The van der Waals surface area contributed by atoms with Crippen molar-refractivity contribution in [2.75, 3.05) is 37.0 Å². The molecule has 9 nitrogen and oxygen atoms in total. The number of carbonyl (C=O) groups excluding carboxylic acids is 5. The molecule has 0 bridgehead atoms. The number of nitrogens with one attached hydrogen (secondary N) is 4. The first-order valence-electron chi connectivity index (χ1n) is 10.2. The van der Waals surface area contributed by atoms with E-state index >= 15 is 0 Å². The molecule has 0 aromatic carbocycles. The lowest BCUT2D eigenvalue weighted by Gasteiger charge is -2.04. The Kier molecular flexibility index (Phi) is 33.4. The normalized spacial score (nSPS) is 9.00. The molecule has 0 saturated heterocycles. The predicted molar refractivity (Wildman–Crippen MR) is 130 cm³/mol. The fourth-order valence-electron chi connectivity index (χ4n) is 1.63. The van der Waals surface area contributed by atoms with Crippen LogP contribution in [-0.4, -0.2) is 75.2 Å². The maximum atomic E-state index is 11.0. The lowest BCUT2D eigenvalue weighted by atomic mass is 9.97. The van der Waals surface area contributed by atoms with Gasteiger partial charge in [-0.2, -0.15) is 12.6 Å². The van der Waals surface area contributed by atoms with E-state index < -0.39 is 0 Å². The standard InChI is InChI=1S/C10H17BN2O3S.C5H10N2O2.C4H10S/c11-9(15)4-2-1-3-5-17-8-13-10(16)6-12-7-14;1-2-7-5(9)3-6-4-8;1-2-3-4-5/h7H,1-6,8H2,(H,12,14)(H,13,16);4H,2-3H2,1H3,(H,6,8)(H,7,9);5H,2-4H2,1H3. The van der Waals surface area contributed by atoms with Crippen molar-refractivity contribution in [1.29, 1.82) is 0 Å². The largest absolute Gasteiger partial charge is 0.355 e. The van der Waals surface area contributed by atoms with Crippen LogP contribution in [0.4, 0.5) is 0 Å². The van der Waals surface area contributed by atoms with Crippen LogP contribution in [-0.2, 0) is 24.0 Å². The van der Waals surface area contributed by atoms with Crippen molar-refractivity contribution in [2.24, 2.45) is 0 Å². The fraction of sp³-hybridized carbons (Fsp3) is 0.737. The molecule has 0 rings (SSSR count). The van der Waals surface area contributed by atoms with Gasteiger partial charge in [-0.1, -0.05) is 19.8 Å². The molecular weight excluding hydrogens is 439 g/mol. The Labute approximate surface area is 197 Å². The van der Waals surface area contributed by atoms with Gasteiger partial charge in [0, 0.05) is 6.54 Å². The van der Waals surface area contributed by atoms with Crippen molar-refractivity contribution < 1.29 is 24.0 Å². The molecule has 0 aliphatic heterocycles. The second kappa shape index (κ2) is 30.5. The summed E-state index contributed by atoms with van der Waals surface area (Å²) in [7, 11) is 5.01. The Morgan fingerprint density at radius 2 is 1.48 bits per heavy atom. The average Bonchev–Trinajstić information content (AvgIpc) is 2.74. The van der Waals surface area contributed by atoms with Crippen LogP contribution in [0.2, 0.25) is 0 Å². The second-order valence-electron chi connectivity index (χ2n) is 5.96. The van der Waals surface area contributed by atoms with E-state index in [0.717, 1.165) is 30.8 Å². The van der Waals surface area contributed by atoms with Crippen molar-refractivity contribution in [3.8, 4) is 0 Å². The molecule has 178 valence electrons. The Morgan fingerprint density at radius 1 is 0.903 bits per heavy atom. The number of hydrogen-bond acceptors (Lipinski definition) is 7. The average molecular weight is 476 g/mol. The minimum atomic E-state index is -0.257. The van der Waals surface area contributed by atoms with Crippen LogP contribution in [0.5, 0.6) is 0 Å². The summed E-state index contributed by atoms with van der Waals surface area (Å²) < 4.78 is 0. The van der Waals surface area contributed by atoms with Crippen molar-refractivity contribution in [3.63, 3.8) is 0 Å². The summed E-state index contributed by atoms with van der Waals surface area (Å²) in [6, 6.07) is 0. The van der Waals surface area contributed by atoms with E-state index in [9.17, 15) is 24.0 Å². The predicted octanol–water partition coefficient (Wildman–Crippen LogP) is 0.380. The molecule has 0 aromatic heterocycles. The van der Waals surface area contributed by atoms with Crippen LogP contribution >= 0.6 is 24.4 Å². The Bertz CT molecular complexity index is 473. The van der Waals surface area contributed by atoms with Crippen LogP contribution in [0, 0.1) is 0 Å². The van der Waals surface area contributed by atoms with E-state index in [-0.39, 0.29) is 30.6 Å². The zero-order chi connectivity index (χ0) is 24.2. The molecule has 0 saturated carbocycles. The monoisotopic (exact) mass is 476 g/mol. The van der Waals surface area contributed by atoms with Gasteiger partial charge in [0.2, 0.25) is 24.6 Å². The number of likely N-dealkylation sites (N-methyl/N-ethyl adjacent to an activating group) is 1. The first kappa shape index (κ1) is 33.9. The van der Waals surface area contributed by atoms with Gasteiger partial charge in [-0.3, -0.25) is 19.2 Å². The van der Waals surface area contributed by atoms with Gasteiger partial charge in [-0.25, -0.2) is 0 Å². The van der Waals surface area contributed by atoms with Crippen LogP contribution < -0.4 is 21.3 Å². The van der Waals surface area contributed by atoms with E-state index in [4.69, 9.17) is 7.85 Å². The van der Waals surface area contributed by atoms with Crippen LogP contribution in [0.1, 0.15) is 52.4 Å². The number of thioether (sulfide) groups is 1. The molecule has 0 aliphatic rings. The van der Waals surface area contributed by atoms with E-state index in [1.807, 2.05) is 6.92 Å². The maximum absolute atomic E-state index is 11.0. The summed E-state index contributed by atoms with van der Waals surface area (Å²) in [6.45, 7) is 4.66. The summed E-state index contributed by atoms with van der Waals surface area (Å²) in [5.74, 6) is 2.15. The third kappa shape index (κ3) is 39.4. The molecule has 0 fully saturated rings. The maximum Gasteiger partial charge on any atom is 0.240 e. The number of thiol groups is 1. The van der Waals surface area contributed by atoms with E-state index in [1.54, 1.807) is 11.8 Å². The lowest BCUT2D eigenvalue weighted by Crippen LogP contribution is -2.32. The van der Waals surface area contributed by atoms with E-state index in [2.05, 4.69) is 40.8 Å². The van der Waals surface area contributed by atoms with Crippen molar-refractivity contribution in [3.05, 3.63) is 0 Å². The SMILES string of the molecule is CCCCS.CCNC(=O)CNC=O.[B]C(=O)CCCCCSCNC(=O)CNC=O. The van der Waals surface area contributed by atoms with Crippen molar-refractivity contribution in [1.82, 2.24) is 21.3 Å². The number of hydrogen-bond donors (Lipinski definition) is 5. The minimum Gasteiger partial charge on any atom is -0.355 e. The zero-order valence-corrected chi connectivity index (χ0v) is 20.3. The summed E-state index contributed by atoms with van der Waals surface area (Å²) in [5, 5.41) is 9.70. The topological polar surface area (TPSA) is 133 Å².